The van der Waals surface area contributed by atoms with Gasteiger partial charge in [0, 0.05) is 44.1 Å². The highest BCUT2D eigenvalue weighted by Crippen LogP contribution is 2.32. The van der Waals surface area contributed by atoms with Gasteiger partial charge in [-0.25, -0.2) is 8.78 Å². The Labute approximate surface area is 161 Å². The smallest absolute Gasteiger partial charge is 0.228 e. The van der Waals surface area contributed by atoms with Crippen LogP contribution in [0.1, 0.15) is 17.9 Å². The summed E-state index contributed by atoms with van der Waals surface area (Å²) in [6, 6.07) is 12.7. The number of benzene rings is 2. The van der Waals surface area contributed by atoms with Gasteiger partial charge in [-0.1, -0.05) is 30.3 Å². The molecule has 2 aromatic rings. The van der Waals surface area contributed by atoms with Gasteiger partial charge in [-0.05, 0) is 17.7 Å². The van der Waals surface area contributed by atoms with Crippen LogP contribution in [0.15, 0.2) is 48.5 Å². The summed E-state index contributed by atoms with van der Waals surface area (Å²) in [5.41, 5.74) is 7.35. The molecule has 0 radical (unpaired) electrons. The minimum Gasteiger partial charge on any atom is -0.340 e. The van der Waals surface area contributed by atoms with E-state index < -0.39 is 17.6 Å². The minimum atomic E-state index is -0.811. The maximum absolute atomic E-state index is 14.0. The molecule has 2 aliphatic heterocycles. The van der Waals surface area contributed by atoms with Crippen LogP contribution >= 0.6 is 0 Å². The number of anilines is 1. The van der Waals surface area contributed by atoms with Gasteiger partial charge in [0.15, 0.2) is 0 Å². The fourth-order valence-corrected chi connectivity index (χ4v) is 4.13. The summed E-state index contributed by atoms with van der Waals surface area (Å²) in [4.78, 5) is 28.3. The van der Waals surface area contributed by atoms with E-state index >= 15 is 0 Å². The molecule has 2 fully saturated rings. The lowest BCUT2D eigenvalue weighted by Crippen LogP contribution is -2.37. The topological polar surface area (TPSA) is 66.6 Å². The number of nitrogens with zero attached hydrogens (tertiary/aromatic N) is 2. The van der Waals surface area contributed by atoms with Crippen molar-refractivity contribution < 1.29 is 18.4 Å². The number of halogens is 2. The average Bonchev–Trinajstić information content (AvgIpc) is 3.25. The first-order chi connectivity index (χ1) is 13.4. The molecule has 28 heavy (non-hydrogen) atoms. The van der Waals surface area contributed by atoms with E-state index in [-0.39, 0.29) is 42.4 Å². The summed E-state index contributed by atoms with van der Waals surface area (Å²) in [6.45, 7) is 1.01. The third kappa shape index (κ3) is 3.38. The van der Waals surface area contributed by atoms with Gasteiger partial charge in [-0.3, -0.25) is 9.59 Å². The Hall–Kier alpha value is -2.80. The molecule has 1 unspecified atom stereocenters. The number of hydrogen-bond donors (Lipinski definition) is 1. The monoisotopic (exact) mass is 385 g/mol. The molecule has 3 atom stereocenters. The largest absolute Gasteiger partial charge is 0.340 e. The van der Waals surface area contributed by atoms with E-state index in [1.54, 1.807) is 4.90 Å². The average molecular weight is 385 g/mol. The van der Waals surface area contributed by atoms with Crippen molar-refractivity contribution in [1.29, 1.82) is 0 Å². The second kappa shape index (κ2) is 7.31. The summed E-state index contributed by atoms with van der Waals surface area (Å²) < 4.78 is 27.2. The molecule has 146 valence electrons. The quantitative estimate of drug-likeness (QED) is 0.882. The van der Waals surface area contributed by atoms with E-state index in [2.05, 4.69) is 0 Å². The molecule has 2 aromatic carbocycles. The number of carbonyl (C=O) groups is 2. The third-order valence-corrected chi connectivity index (χ3v) is 5.58. The van der Waals surface area contributed by atoms with Gasteiger partial charge in [-0.15, -0.1) is 0 Å². The molecule has 2 amide bonds. The number of nitrogens with two attached hydrogens (primary N) is 1. The van der Waals surface area contributed by atoms with Crippen LogP contribution in [-0.4, -0.2) is 42.4 Å². The number of amides is 2. The van der Waals surface area contributed by atoms with Crippen molar-refractivity contribution in [1.82, 2.24) is 4.90 Å². The standard InChI is InChI=1S/C21H21F2N3O2/c22-15-6-7-19(17(23)9-15)26-10-14(8-20(26)27)21(28)25-11-16(18(24)12-25)13-4-2-1-3-5-13/h1-7,9,14,16,18H,8,10-12,24H2/t14?,16-,18+/m0/s1. The first-order valence-electron chi connectivity index (χ1n) is 9.28. The highest BCUT2D eigenvalue weighted by Gasteiger charge is 2.41. The van der Waals surface area contributed by atoms with Crippen molar-refractivity contribution in [2.24, 2.45) is 11.7 Å². The van der Waals surface area contributed by atoms with Gasteiger partial charge < -0.3 is 15.5 Å². The van der Waals surface area contributed by atoms with E-state index in [9.17, 15) is 18.4 Å². The summed E-state index contributed by atoms with van der Waals surface area (Å²) in [5, 5.41) is 0. The predicted octanol–water partition coefficient (Wildman–Crippen LogP) is 2.27. The van der Waals surface area contributed by atoms with Crippen LogP contribution in [0.5, 0.6) is 0 Å². The molecule has 5 nitrogen and oxygen atoms in total. The minimum absolute atomic E-state index is 0.00184. The Morgan fingerprint density at radius 1 is 1.04 bits per heavy atom. The van der Waals surface area contributed by atoms with Crippen molar-refractivity contribution in [2.75, 3.05) is 24.5 Å². The highest BCUT2D eigenvalue weighted by atomic mass is 19.1. The lowest BCUT2D eigenvalue weighted by Gasteiger charge is -2.21. The molecule has 0 aliphatic carbocycles. The van der Waals surface area contributed by atoms with Crippen molar-refractivity contribution >= 4 is 17.5 Å². The lowest BCUT2D eigenvalue weighted by molar-refractivity contribution is -0.134. The molecule has 2 saturated heterocycles. The van der Waals surface area contributed by atoms with Crippen LogP contribution in [-0.2, 0) is 9.59 Å². The summed E-state index contributed by atoms with van der Waals surface area (Å²) in [7, 11) is 0. The normalized spacial score (nSPS) is 24.8. The van der Waals surface area contributed by atoms with Gasteiger partial charge in [0.05, 0.1) is 11.6 Å². The van der Waals surface area contributed by atoms with E-state index in [0.717, 1.165) is 17.7 Å². The SMILES string of the molecule is N[C@@H]1CN(C(=O)C2CC(=O)N(c3ccc(F)cc3F)C2)C[C@H]1c1ccccc1. The zero-order valence-electron chi connectivity index (χ0n) is 15.2. The lowest BCUT2D eigenvalue weighted by atomic mass is 9.95. The first kappa shape index (κ1) is 18.6. The molecule has 2 heterocycles. The molecule has 7 heteroatoms. The van der Waals surface area contributed by atoms with Crippen LogP contribution < -0.4 is 10.6 Å². The molecule has 4 rings (SSSR count). The maximum Gasteiger partial charge on any atom is 0.228 e. The van der Waals surface area contributed by atoms with Crippen LogP contribution in [0, 0.1) is 17.6 Å². The summed E-state index contributed by atoms with van der Waals surface area (Å²) in [6.07, 6.45) is 0.0113. The second-order valence-electron chi connectivity index (χ2n) is 7.43. The van der Waals surface area contributed by atoms with Crippen molar-refractivity contribution in [2.45, 2.75) is 18.4 Å². The molecule has 0 aromatic heterocycles. The van der Waals surface area contributed by atoms with E-state index in [0.29, 0.717) is 13.1 Å². The highest BCUT2D eigenvalue weighted by molar-refractivity contribution is 6.00. The molecule has 0 saturated carbocycles. The van der Waals surface area contributed by atoms with Crippen LogP contribution in [0.25, 0.3) is 0 Å². The number of carbonyl (C=O) groups excluding carboxylic acids is 2. The Bertz CT molecular complexity index is 906. The predicted molar refractivity (Wildman–Crippen MR) is 101 cm³/mol. The Morgan fingerprint density at radius 2 is 1.79 bits per heavy atom. The van der Waals surface area contributed by atoms with Crippen LogP contribution in [0.3, 0.4) is 0 Å². The van der Waals surface area contributed by atoms with Crippen LogP contribution in [0.2, 0.25) is 0 Å². The first-order valence-corrected chi connectivity index (χ1v) is 9.28. The number of likely N-dealkylation sites (tertiary alicyclic amines) is 1. The molecular weight excluding hydrogens is 364 g/mol. The Morgan fingerprint density at radius 3 is 2.50 bits per heavy atom. The van der Waals surface area contributed by atoms with Gasteiger partial charge in [-0.2, -0.15) is 0 Å². The van der Waals surface area contributed by atoms with E-state index in [1.165, 1.54) is 11.0 Å². The van der Waals surface area contributed by atoms with E-state index in [1.807, 2.05) is 30.3 Å². The van der Waals surface area contributed by atoms with E-state index in [4.69, 9.17) is 5.73 Å². The molecule has 0 bridgehead atoms. The maximum atomic E-state index is 14.0. The summed E-state index contributed by atoms with van der Waals surface area (Å²) >= 11 is 0. The van der Waals surface area contributed by atoms with Crippen molar-refractivity contribution in [3.05, 3.63) is 65.7 Å². The molecule has 0 spiro atoms. The second-order valence-corrected chi connectivity index (χ2v) is 7.43. The Kier molecular flexibility index (Phi) is 4.85. The molecular formula is C21H21F2N3O2. The fraction of sp³-hybridized carbons (Fsp3) is 0.333. The van der Waals surface area contributed by atoms with Crippen molar-refractivity contribution in [3.8, 4) is 0 Å². The zero-order valence-corrected chi connectivity index (χ0v) is 15.2. The van der Waals surface area contributed by atoms with Gasteiger partial charge in [0.1, 0.15) is 11.6 Å². The van der Waals surface area contributed by atoms with Crippen LogP contribution in [0.4, 0.5) is 14.5 Å². The molecule has 2 aliphatic rings. The van der Waals surface area contributed by atoms with Crippen molar-refractivity contribution in [3.63, 3.8) is 0 Å². The van der Waals surface area contributed by atoms with Gasteiger partial charge in [0.25, 0.3) is 0 Å². The zero-order chi connectivity index (χ0) is 19.8. The van der Waals surface area contributed by atoms with Gasteiger partial charge >= 0.3 is 0 Å². The summed E-state index contributed by atoms with van der Waals surface area (Å²) in [5.74, 6) is -2.52. The molecule has 2 N–H and O–H groups in total. The van der Waals surface area contributed by atoms with Gasteiger partial charge in [0.2, 0.25) is 11.8 Å². The fourth-order valence-electron chi connectivity index (χ4n) is 4.13. The number of hydrogen-bond acceptors (Lipinski definition) is 3. The number of rotatable bonds is 3. The third-order valence-electron chi connectivity index (χ3n) is 5.58. The Balaban J connectivity index is 1.47.